The molecule has 3 heterocycles. The zero-order chi connectivity index (χ0) is 27.5. The second-order valence-corrected chi connectivity index (χ2v) is 10.9. The van der Waals surface area contributed by atoms with Gasteiger partial charge in [-0.2, -0.15) is 0 Å². The average Bonchev–Trinajstić information content (AvgIpc) is 3.29. The normalized spacial score (nSPS) is 23.1. The van der Waals surface area contributed by atoms with Crippen molar-refractivity contribution in [1.29, 1.82) is 0 Å². The Morgan fingerprint density at radius 1 is 0.900 bits per heavy atom. The second-order valence-electron chi connectivity index (χ2n) is 10.9. The van der Waals surface area contributed by atoms with Crippen molar-refractivity contribution in [2.45, 2.75) is 57.1 Å². The number of piperidine rings is 2. The van der Waals surface area contributed by atoms with Gasteiger partial charge in [0.25, 0.3) is 5.91 Å². The molecule has 0 radical (unpaired) electrons. The Morgan fingerprint density at radius 2 is 1.65 bits per heavy atom. The van der Waals surface area contributed by atoms with Gasteiger partial charge in [0.2, 0.25) is 11.8 Å². The molecule has 3 aliphatic heterocycles. The van der Waals surface area contributed by atoms with Crippen molar-refractivity contribution in [2.75, 3.05) is 13.1 Å². The summed E-state index contributed by atoms with van der Waals surface area (Å²) in [5.74, 6) is -0.146. The molecule has 3 aliphatic rings. The van der Waals surface area contributed by atoms with Gasteiger partial charge in [-0.05, 0) is 47.7 Å². The van der Waals surface area contributed by atoms with E-state index in [0.29, 0.717) is 18.5 Å². The molecule has 8 nitrogen and oxygen atoms in total. The summed E-state index contributed by atoms with van der Waals surface area (Å²) in [4.78, 5) is 41.1. The van der Waals surface area contributed by atoms with Gasteiger partial charge in [0.1, 0.15) is 17.9 Å². The third-order valence-corrected chi connectivity index (χ3v) is 8.09. The number of benzene rings is 3. The molecule has 0 bridgehead atoms. The van der Waals surface area contributed by atoms with Crippen LogP contribution >= 0.6 is 0 Å². The van der Waals surface area contributed by atoms with Crippen LogP contribution in [0.5, 0.6) is 5.75 Å². The molecule has 2 saturated heterocycles. The average molecular weight is 539 g/mol. The zero-order valence-corrected chi connectivity index (χ0v) is 22.4. The van der Waals surface area contributed by atoms with Crippen molar-refractivity contribution in [1.82, 2.24) is 20.4 Å². The Labute approximate surface area is 234 Å². The van der Waals surface area contributed by atoms with E-state index in [2.05, 4.69) is 64.1 Å². The minimum absolute atomic E-state index is 0.0810. The Kier molecular flexibility index (Phi) is 7.62. The molecule has 2 N–H and O–H groups in total. The number of hydrogen-bond acceptors (Lipinski definition) is 6. The number of nitrogens with one attached hydrogen (secondary N) is 2. The van der Waals surface area contributed by atoms with Gasteiger partial charge in [0, 0.05) is 50.7 Å². The molecule has 2 fully saturated rings. The monoisotopic (exact) mass is 538 g/mol. The van der Waals surface area contributed by atoms with Crippen LogP contribution in [0.3, 0.4) is 0 Å². The van der Waals surface area contributed by atoms with Gasteiger partial charge in [0.15, 0.2) is 0 Å². The number of ether oxygens (including phenoxy) is 1. The molecule has 3 atom stereocenters. The number of carbonyl (C=O) groups is 3. The molecule has 3 aromatic carbocycles. The Balaban J connectivity index is 1.17. The van der Waals surface area contributed by atoms with Crippen LogP contribution in [0.1, 0.15) is 46.3 Å². The third-order valence-electron chi connectivity index (χ3n) is 8.09. The van der Waals surface area contributed by atoms with E-state index in [9.17, 15) is 14.4 Å². The van der Waals surface area contributed by atoms with Crippen molar-refractivity contribution < 1.29 is 19.1 Å². The first-order chi connectivity index (χ1) is 19.5. The number of likely N-dealkylation sites (tertiary alicyclic amines) is 1. The van der Waals surface area contributed by atoms with Gasteiger partial charge >= 0.3 is 0 Å². The number of fused-ring (bicyclic) bond motifs is 1. The van der Waals surface area contributed by atoms with Gasteiger partial charge in [-0.3, -0.25) is 24.6 Å². The predicted octanol–water partition coefficient (Wildman–Crippen LogP) is 3.26. The molecule has 40 heavy (non-hydrogen) atoms. The first-order valence-electron chi connectivity index (χ1n) is 14.0. The smallest absolute Gasteiger partial charge is 0.255 e. The molecule has 0 saturated carbocycles. The highest BCUT2D eigenvalue weighted by Crippen LogP contribution is 2.31. The van der Waals surface area contributed by atoms with Gasteiger partial charge in [0.05, 0.1) is 0 Å². The number of carbonyl (C=O) groups excluding carboxylic acids is 3. The largest absolute Gasteiger partial charge is 0.487 e. The molecular weight excluding hydrogens is 504 g/mol. The first kappa shape index (κ1) is 26.2. The molecule has 3 amide bonds. The summed E-state index contributed by atoms with van der Waals surface area (Å²) in [6.07, 6.45) is 1.46. The Hall–Kier alpha value is -4.01. The van der Waals surface area contributed by atoms with Crippen molar-refractivity contribution >= 4 is 17.7 Å². The number of hydrogen-bond donors (Lipinski definition) is 2. The second kappa shape index (κ2) is 11.6. The van der Waals surface area contributed by atoms with Crippen LogP contribution in [-0.2, 0) is 29.2 Å². The van der Waals surface area contributed by atoms with Crippen LogP contribution in [0.25, 0.3) is 0 Å². The molecule has 0 aromatic heterocycles. The lowest BCUT2D eigenvalue weighted by Gasteiger charge is -2.39. The topological polar surface area (TPSA) is 91.0 Å². The fourth-order valence-electron chi connectivity index (χ4n) is 5.96. The minimum Gasteiger partial charge on any atom is -0.487 e. The van der Waals surface area contributed by atoms with E-state index in [0.717, 1.165) is 43.9 Å². The van der Waals surface area contributed by atoms with Crippen molar-refractivity contribution in [2.24, 2.45) is 0 Å². The van der Waals surface area contributed by atoms with E-state index >= 15 is 0 Å². The zero-order valence-electron chi connectivity index (χ0n) is 22.4. The SMILES string of the molecule is O=C1CCC(N2Cc3cc(O[C@H]4CN(Cc5ccccc5)CC[C@@H]4NCc4ccccc4)ccc3C2=O)C(=O)N1. The van der Waals surface area contributed by atoms with Gasteiger partial charge in [-0.25, -0.2) is 0 Å². The highest BCUT2D eigenvalue weighted by Gasteiger charge is 2.39. The molecule has 8 heteroatoms. The maximum atomic E-state index is 13.1. The van der Waals surface area contributed by atoms with Crippen molar-refractivity contribution in [3.8, 4) is 5.75 Å². The molecule has 0 spiro atoms. The lowest BCUT2D eigenvalue weighted by atomic mass is 10.00. The van der Waals surface area contributed by atoms with Crippen LogP contribution in [-0.4, -0.2) is 58.8 Å². The standard InChI is InChI=1S/C32H34N4O4/c37-30-14-13-28(31(38)34-30)36-20-24-17-25(11-12-26(24)32(36)39)40-29-21-35(19-23-9-5-2-6-10-23)16-15-27(29)33-18-22-7-3-1-4-8-22/h1-12,17,27-29,33H,13-16,18-21H2,(H,34,37,38)/t27-,28?,29-/m0/s1. The van der Waals surface area contributed by atoms with Crippen LogP contribution < -0.4 is 15.4 Å². The molecule has 206 valence electrons. The highest BCUT2D eigenvalue weighted by molar-refractivity contribution is 6.05. The minimum atomic E-state index is -0.626. The van der Waals surface area contributed by atoms with Crippen LogP contribution in [0.2, 0.25) is 0 Å². The molecule has 6 rings (SSSR count). The van der Waals surface area contributed by atoms with Gasteiger partial charge in [-0.15, -0.1) is 0 Å². The number of nitrogens with zero attached hydrogens (tertiary/aromatic N) is 2. The first-order valence-corrected chi connectivity index (χ1v) is 14.0. The van der Waals surface area contributed by atoms with Crippen LogP contribution in [0, 0.1) is 0 Å². The van der Waals surface area contributed by atoms with Crippen molar-refractivity contribution in [3.05, 3.63) is 101 Å². The predicted molar refractivity (Wildman–Crippen MR) is 150 cm³/mol. The molecule has 3 aromatic rings. The van der Waals surface area contributed by atoms with Gasteiger partial charge < -0.3 is 15.0 Å². The maximum absolute atomic E-state index is 13.1. The molecule has 0 aliphatic carbocycles. The van der Waals surface area contributed by atoms with Gasteiger partial charge in [-0.1, -0.05) is 60.7 Å². The summed E-state index contributed by atoms with van der Waals surface area (Å²) < 4.78 is 6.64. The van der Waals surface area contributed by atoms with E-state index in [1.54, 1.807) is 11.0 Å². The van der Waals surface area contributed by atoms with Crippen molar-refractivity contribution in [3.63, 3.8) is 0 Å². The summed E-state index contributed by atoms with van der Waals surface area (Å²) in [6, 6.07) is 26.0. The van der Waals surface area contributed by atoms with E-state index in [4.69, 9.17) is 4.74 Å². The Bertz CT molecular complexity index is 1380. The summed E-state index contributed by atoms with van der Waals surface area (Å²) in [6.45, 7) is 3.72. The maximum Gasteiger partial charge on any atom is 0.255 e. The van der Waals surface area contributed by atoms with Crippen LogP contribution in [0.15, 0.2) is 78.9 Å². The lowest BCUT2D eigenvalue weighted by Crippen LogP contribution is -2.54. The number of imide groups is 1. The van der Waals surface area contributed by atoms with Crippen LogP contribution in [0.4, 0.5) is 0 Å². The summed E-state index contributed by atoms with van der Waals surface area (Å²) in [5.41, 5.74) is 3.95. The van der Waals surface area contributed by atoms with E-state index in [1.807, 2.05) is 24.3 Å². The van der Waals surface area contributed by atoms with E-state index in [-0.39, 0.29) is 30.4 Å². The summed E-state index contributed by atoms with van der Waals surface area (Å²) in [5, 5.41) is 6.09. The summed E-state index contributed by atoms with van der Waals surface area (Å²) in [7, 11) is 0. The Morgan fingerprint density at radius 3 is 2.40 bits per heavy atom. The summed E-state index contributed by atoms with van der Waals surface area (Å²) >= 11 is 0. The highest BCUT2D eigenvalue weighted by atomic mass is 16.5. The van der Waals surface area contributed by atoms with E-state index < -0.39 is 11.9 Å². The molecule has 1 unspecified atom stereocenters. The fraction of sp³-hybridized carbons (Fsp3) is 0.344. The number of rotatable bonds is 8. The lowest BCUT2D eigenvalue weighted by molar-refractivity contribution is -0.136. The third kappa shape index (κ3) is 5.78. The quantitative estimate of drug-likeness (QED) is 0.428. The fourth-order valence-corrected chi connectivity index (χ4v) is 5.96. The number of amides is 3. The molecular formula is C32H34N4O4. The van der Waals surface area contributed by atoms with E-state index in [1.165, 1.54) is 11.1 Å².